The molecule has 66 valence electrons. The van der Waals surface area contributed by atoms with Gasteiger partial charge in [0.2, 0.25) is 0 Å². The van der Waals surface area contributed by atoms with Crippen LogP contribution in [0.15, 0.2) is 30.5 Å². The summed E-state index contributed by atoms with van der Waals surface area (Å²) in [5.74, 6) is 0. The summed E-state index contributed by atoms with van der Waals surface area (Å²) >= 11 is 6.00. The van der Waals surface area contributed by atoms with Gasteiger partial charge in [-0.3, -0.25) is 4.98 Å². The first-order valence-electron chi connectivity index (χ1n) is 4.04. The molecule has 0 aliphatic rings. The molecule has 2 rings (SSSR count). The number of nitrogens with one attached hydrogen (secondary N) is 1. The molecule has 1 heterocycles. The number of hydrogen-bond acceptors (Lipinski definition) is 2. The summed E-state index contributed by atoms with van der Waals surface area (Å²) in [7, 11) is 1.88. The zero-order chi connectivity index (χ0) is 9.26. The van der Waals surface area contributed by atoms with E-state index >= 15 is 0 Å². The van der Waals surface area contributed by atoms with Crippen LogP contribution in [0, 0.1) is 0 Å². The van der Waals surface area contributed by atoms with Gasteiger partial charge in [0.25, 0.3) is 0 Å². The SMILES string of the molecule is CNc1ccnc2c(Cl)cccc12. The molecule has 13 heavy (non-hydrogen) atoms. The van der Waals surface area contributed by atoms with E-state index in [1.54, 1.807) is 6.20 Å². The number of hydrogen-bond donors (Lipinski definition) is 1. The second kappa shape index (κ2) is 3.23. The highest BCUT2D eigenvalue weighted by Gasteiger charge is 2.02. The number of halogens is 1. The molecule has 0 unspecified atom stereocenters. The second-order valence-corrected chi connectivity index (χ2v) is 3.15. The van der Waals surface area contributed by atoms with Crippen molar-refractivity contribution < 1.29 is 0 Å². The molecular weight excluding hydrogens is 184 g/mol. The monoisotopic (exact) mass is 192 g/mol. The lowest BCUT2D eigenvalue weighted by Gasteiger charge is -2.05. The quantitative estimate of drug-likeness (QED) is 0.752. The molecule has 0 fully saturated rings. The first kappa shape index (κ1) is 8.32. The number of para-hydroxylation sites is 1. The van der Waals surface area contributed by atoms with Crippen LogP contribution < -0.4 is 5.32 Å². The maximum absolute atomic E-state index is 6.00. The zero-order valence-electron chi connectivity index (χ0n) is 7.21. The Bertz CT molecular complexity index is 440. The maximum atomic E-state index is 6.00. The van der Waals surface area contributed by atoms with Gasteiger partial charge < -0.3 is 5.32 Å². The number of anilines is 1. The first-order valence-corrected chi connectivity index (χ1v) is 4.41. The lowest BCUT2D eigenvalue weighted by atomic mass is 10.2. The van der Waals surface area contributed by atoms with E-state index < -0.39 is 0 Å². The third kappa shape index (κ3) is 1.33. The van der Waals surface area contributed by atoms with Gasteiger partial charge in [0.05, 0.1) is 10.5 Å². The lowest BCUT2D eigenvalue weighted by Crippen LogP contribution is -1.90. The van der Waals surface area contributed by atoms with Crippen molar-refractivity contribution in [3.63, 3.8) is 0 Å². The normalized spacial score (nSPS) is 10.3. The zero-order valence-corrected chi connectivity index (χ0v) is 7.97. The van der Waals surface area contributed by atoms with E-state index in [2.05, 4.69) is 10.3 Å². The molecule has 1 N–H and O–H groups in total. The van der Waals surface area contributed by atoms with Crippen LogP contribution >= 0.6 is 11.6 Å². The van der Waals surface area contributed by atoms with Crippen molar-refractivity contribution >= 4 is 28.2 Å². The van der Waals surface area contributed by atoms with Gasteiger partial charge in [-0.2, -0.15) is 0 Å². The third-order valence-electron chi connectivity index (χ3n) is 1.99. The number of pyridine rings is 1. The summed E-state index contributed by atoms with van der Waals surface area (Å²) in [4.78, 5) is 4.22. The van der Waals surface area contributed by atoms with Crippen molar-refractivity contribution in [3.8, 4) is 0 Å². The fourth-order valence-electron chi connectivity index (χ4n) is 1.36. The van der Waals surface area contributed by atoms with Crippen molar-refractivity contribution in [2.75, 3.05) is 12.4 Å². The Morgan fingerprint density at radius 3 is 2.92 bits per heavy atom. The Morgan fingerprint density at radius 1 is 1.31 bits per heavy atom. The Balaban J connectivity index is 2.84. The van der Waals surface area contributed by atoms with Crippen LogP contribution in [0.4, 0.5) is 5.69 Å². The molecule has 0 atom stereocenters. The van der Waals surface area contributed by atoms with Crippen LogP contribution in [0.3, 0.4) is 0 Å². The van der Waals surface area contributed by atoms with Crippen molar-refractivity contribution in [1.82, 2.24) is 4.98 Å². The standard InChI is InChI=1S/C10H9ClN2/c1-12-9-5-6-13-10-7(9)3-2-4-8(10)11/h2-6H,1H3,(H,12,13). The highest BCUT2D eigenvalue weighted by atomic mass is 35.5. The molecule has 1 aromatic carbocycles. The molecule has 0 aliphatic heterocycles. The van der Waals surface area contributed by atoms with Gasteiger partial charge in [-0.1, -0.05) is 23.7 Å². The van der Waals surface area contributed by atoms with Gasteiger partial charge in [0.1, 0.15) is 0 Å². The van der Waals surface area contributed by atoms with Crippen LogP contribution in [-0.2, 0) is 0 Å². The minimum Gasteiger partial charge on any atom is -0.388 e. The molecule has 0 bridgehead atoms. The Labute approximate surface area is 81.6 Å². The molecule has 0 radical (unpaired) electrons. The van der Waals surface area contributed by atoms with Gasteiger partial charge in [-0.05, 0) is 12.1 Å². The van der Waals surface area contributed by atoms with E-state index in [4.69, 9.17) is 11.6 Å². The van der Waals surface area contributed by atoms with Gasteiger partial charge in [-0.25, -0.2) is 0 Å². The van der Waals surface area contributed by atoms with E-state index in [1.165, 1.54) is 0 Å². The highest BCUT2D eigenvalue weighted by molar-refractivity contribution is 6.35. The molecule has 0 aliphatic carbocycles. The predicted octanol–water partition coefficient (Wildman–Crippen LogP) is 2.93. The van der Waals surface area contributed by atoms with Crippen LogP contribution in [0.2, 0.25) is 5.02 Å². The van der Waals surface area contributed by atoms with Crippen LogP contribution in [0.1, 0.15) is 0 Å². The number of nitrogens with zero attached hydrogens (tertiary/aromatic N) is 1. The van der Waals surface area contributed by atoms with Gasteiger partial charge in [-0.15, -0.1) is 0 Å². The van der Waals surface area contributed by atoms with Crippen molar-refractivity contribution in [2.45, 2.75) is 0 Å². The number of rotatable bonds is 1. The van der Waals surface area contributed by atoms with Gasteiger partial charge >= 0.3 is 0 Å². The minimum atomic E-state index is 0.689. The van der Waals surface area contributed by atoms with Crippen LogP contribution in [0.5, 0.6) is 0 Å². The van der Waals surface area contributed by atoms with Crippen LogP contribution in [0.25, 0.3) is 10.9 Å². The topological polar surface area (TPSA) is 24.9 Å². The maximum Gasteiger partial charge on any atom is 0.0908 e. The van der Waals surface area contributed by atoms with E-state index in [1.807, 2.05) is 31.3 Å². The summed E-state index contributed by atoms with van der Waals surface area (Å²) in [5, 5.41) is 4.84. The van der Waals surface area contributed by atoms with Gasteiger partial charge in [0.15, 0.2) is 0 Å². The minimum absolute atomic E-state index is 0.689. The van der Waals surface area contributed by atoms with Crippen molar-refractivity contribution in [3.05, 3.63) is 35.5 Å². The van der Waals surface area contributed by atoms with E-state index in [0.29, 0.717) is 5.02 Å². The fourth-order valence-corrected chi connectivity index (χ4v) is 1.58. The van der Waals surface area contributed by atoms with Gasteiger partial charge in [0, 0.05) is 24.3 Å². The molecule has 1 aromatic heterocycles. The average molecular weight is 193 g/mol. The first-order chi connectivity index (χ1) is 6.33. The largest absolute Gasteiger partial charge is 0.388 e. The molecule has 0 spiro atoms. The van der Waals surface area contributed by atoms with Crippen molar-refractivity contribution in [1.29, 1.82) is 0 Å². The summed E-state index contributed by atoms with van der Waals surface area (Å²) in [6.45, 7) is 0. The Kier molecular flexibility index (Phi) is 2.07. The summed E-state index contributed by atoms with van der Waals surface area (Å²) < 4.78 is 0. The van der Waals surface area contributed by atoms with Crippen molar-refractivity contribution in [2.24, 2.45) is 0 Å². The third-order valence-corrected chi connectivity index (χ3v) is 2.30. The molecule has 2 nitrogen and oxygen atoms in total. The van der Waals surface area contributed by atoms with Crippen LogP contribution in [-0.4, -0.2) is 12.0 Å². The molecule has 0 saturated heterocycles. The molecular formula is C10H9ClN2. The van der Waals surface area contributed by atoms with E-state index in [9.17, 15) is 0 Å². The van der Waals surface area contributed by atoms with E-state index in [-0.39, 0.29) is 0 Å². The summed E-state index contributed by atoms with van der Waals surface area (Å²) in [6.07, 6.45) is 1.75. The number of fused-ring (bicyclic) bond motifs is 1. The predicted molar refractivity (Wildman–Crippen MR) is 56.3 cm³/mol. The molecule has 0 saturated carbocycles. The number of aromatic nitrogens is 1. The lowest BCUT2D eigenvalue weighted by molar-refractivity contribution is 1.39. The summed E-state index contributed by atoms with van der Waals surface area (Å²) in [6, 6.07) is 7.70. The average Bonchev–Trinajstić information content (AvgIpc) is 2.18. The van der Waals surface area contributed by atoms with E-state index in [0.717, 1.165) is 16.6 Å². The molecule has 0 amide bonds. The highest BCUT2D eigenvalue weighted by Crippen LogP contribution is 2.26. The Hall–Kier alpha value is -1.28. The number of benzene rings is 1. The molecule has 3 heteroatoms. The smallest absolute Gasteiger partial charge is 0.0908 e. The molecule has 2 aromatic rings. The fraction of sp³-hybridized carbons (Fsp3) is 0.100. The second-order valence-electron chi connectivity index (χ2n) is 2.74. The summed E-state index contributed by atoms with van der Waals surface area (Å²) in [5.41, 5.74) is 1.89. The Morgan fingerprint density at radius 2 is 2.15 bits per heavy atom.